The Labute approximate surface area is 419 Å². The monoisotopic (exact) mass is 1040 g/mol. The van der Waals surface area contributed by atoms with Gasteiger partial charge in [-0.3, -0.25) is 23.2 Å². The van der Waals surface area contributed by atoms with Crippen LogP contribution in [0, 0.1) is 0 Å². The van der Waals surface area contributed by atoms with Crippen LogP contribution < -0.4 is 11.4 Å². The number of hydrogen-bond donors (Lipinski definition) is 6. The van der Waals surface area contributed by atoms with Gasteiger partial charge in [0.15, 0.2) is 12.3 Å². The van der Waals surface area contributed by atoms with Crippen molar-refractivity contribution in [1.82, 2.24) is 9.55 Å². The van der Waals surface area contributed by atoms with Gasteiger partial charge in [0, 0.05) is 19.0 Å². The number of allylic oxidation sites excluding steroid dienone is 13. The maximum Gasteiger partial charge on any atom is 0.481 e. The van der Waals surface area contributed by atoms with E-state index in [1.54, 1.807) is 0 Å². The van der Waals surface area contributed by atoms with Crippen LogP contribution in [0.4, 0.5) is 5.82 Å². The zero-order chi connectivity index (χ0) is 52.2. The summed E-state index contributed by atoms with van der Waals surface area (Å²) in [4.78, 5) is 61.8. The third kappa shape index (κ3) is 30.5. The van der Waals surface area contributed by atoms with Crippen LogP contribution in [0.15, 0.2) is 102 Å². The summed E-state index contributed by atoms with van der Waals surface area (Å²) < 4.78 is 56.6. The first-order chi connectivity index (χ1) is 34.1. The fraction of sp³-hybridized carbons (Fsp3) is 0.600. The molecule has 2 rings (SSSR count). The van der Waals surface area contributed by atoms with Crippen molar-refractivity contribution in [2.45, 2.75) is 173 Å². The number of nitrogens with two attached hydrogens (primary N) is 1. The predicted molar refractivity (Wildman–Crippen MR) is 271 cm³/mol. The zero-order valence-electron chi connectivity index (χ0n) is 41.4. The lowest BCUT2D eigenvalue weighted by molar-refractivity contribution is -0.161. The van der Waals surface area contributed by atoms with Crippen LogP contribution in [0.5, 0.6) is 0 Å². The molecule has 0 bridgehead atoms. The van der Waals surface area contributed by atoms with E-state index in [-0.39, 0.29) is 24.8 Å². The van der Waals surface area contributed by atoms with Gasteiger partial charge in [0.2, 0.25) is 0 Å². The summed E-state index contributed by atoms with van der Waals surface area (Å²) in [6.45, 7) is 1.81. The van der Waals surface area contributed by atoms with Gasteiger partial charge in [0.25, 0.3) is 0 Å². The van der Waals surface area contributed by atoms with E-state index in [0.29, 0.717) is 32.1 Å². The van der Waals surface area contributed by atoms with Crippen LogP contribution in [-0.2, 0) is 46.3 Å². The van der Waals surface area contributed by atoms with Gasteiger partial charge in [-0.25, -0.2) is 13.9 Å². The van der Waals surface area contributed by atoms with E-state index in [0.717, 1.165) is 68.6 Å². The second kappa shape index (κ2) is 37.6. The number of aromatic nitrogens is 2. The Morgan fingerprint density at radius 1 is 0.732 bits per heavy atom. The van der Waals surface area contributed by atoms with Crippen LogP contribution >= 0.6 is 15.6 Å². The number of carbonyl (C=O) groups excluding carboxylic acids is 2. The molecule has 19 nitrogen and oxygen atoms in total. The maximum absolute atomic E-state index is 12.8. The van der Waals surface area contributed by atoms with Gasteiger partial charge in [-0.05, 0) is 96.0 Å². The van der Waals surface area contributed by atoms with Crippen molar-refractivity contribution in [3.63, 3.8) is 0 Å². The van der Waals surface area contributed by atoms with Crippen LogP contribution in [-0.4, -0.2) is 96.9 Å². The van der Waals surface area contributed by atoms with Crippen LogP contribution in [0.3, 0.4) is 0 Å². The minimum absolute atomic E-state index is 0.0224. The average molecular weight is 1040 g/mol. The number of phosphoric acid groups is 2. The van der Waals surface area contributed by atoms with E-state index < -0.39 is 83.7 Å². The van der Waals surface area contributed by atoms with Crippen molar-refractivity contribution in [2.75, 3.05) is 25.6 Å². The fourth-order valence-corrected chi connectivity index (χ4v) is 8.79. The van der Waals surface area contributed by atoms with Crippen LogP contribution in [0.1, 0.15) is 142 Å². The first-order valence-corrected chi connectivity index (χ1v) is 27.7. The number of phosphoric ester groups is 2. The molecule has 1 fully saturated rings. The fourth-order valence-electron chi connectivity index (χ4n) is 6.68. The van der Waals surface area contributed by atoms with Gasteiger partial charge in [-0.15, -0.1) is 0 Å². The number of esters is 2. The molecule has 400 valence electrons. The van der Waals surface area contributed by atoms with E-state index in [1.807, 2.05) is 49.5 Å². The number of aliphatic hydroxyl groups is 3. The number of rotatable bonds is 39. The Bertz CT molecular complexity index is 2040. The number of nitrogen functional groups attached to an aromatic ring is 1. The SMILES string of the molecule is CCCCC/C=C\C/C=C\C/C=C\CCCCC(=O)O[C@H](COC(=O)CCC/C=C\C/C=C\C/C=C\C/C=C\CC(O)CCC)COP(=O)(O)OP(=O)(O)OC[C@H]1O[C@@H](n2ccc(N)nc2=O)[C@H](O)[C@@H]1O. The molecule has 1 saturated heterocycles. The summed E-state index contributed by atoms with van der Waals surface area (Å²) >= 11 is 0. The number of ether oxygens (including phenoxy) is 3. The third-order valence-corrected chi connectivity index (χ3v) is 13.1. The third-order valence-electron chi connectivity index (χ3n) is 10.5. The van der Waals surface area contributed by atoms with E-state index in [9.17, 15) is 48.6 Å². The molecule has 1 aromatic rings. The molecular formula is C50H79N3O16P2. The number of carbonyl (C=O) groups is 2. The Hall–Kier alpha value is -4.10. The second-order valence-corrected chi connectivity index (χ2v) is 19.8. The van der Waals surface area contributed by atoms with Crippen LogP contribution in [0.25, 0.3) is 0 Å². The lowest BCUT2D eigenvalue weighted by atomic mass is 10.1. The van der Waals surface area contributed by atoms with Crippen molar-refractivity contribution in [1.29, 1.82) is 0 Å². The van der Waals surface area contributed by atoms with Gasteiger partial charge < -0.3 is 45.1 Å². The van der Waals surface area contributed by atoms with Gasteiger partial charge >= 0.3 is 33.3 Å². The quantitative estimate of drug-likeness (QED) is 0.0155. The second-order valence-electron chi connectivity index (χ2n) is 16.8. The Morgan fingerprint density at radius 3 is 1.85 bits per heavy atom. The van der Waals surface area contributed by atoms with Gasteiger partial charge in [0.05, 0.1) is 19.3 Å². The van der Waals surface area contributed by atoms with Crippen molar-refractivity contribution < 1.29 is 71.4 Å². The summed E-state index contributed by atoms with van der Waals surface area (Å²) in [7, 11) is -10.9. The highest BCUT2D eigenvalue weighted by molar-refractivity contribution is 7.61. The number of unbranched alkanes of at least 4 members (excludes halogenated alkanes) is 6. The molecule has 1 aliphatic rings. The Morgan fingerprint density at radius 2 is 1.27 bits per heavy atom. The topological polar surface area (TPSA) is 286 Å². The number of hydrogen-bond acceptors (Lipinski definition) is 16. The number of anilines is 1. The molecule has 2 heterocycles. The van der Waals surface area contributed by atoms with Crippen molar-refractivity contribution in [3.8, 4) is 0 Å². The molecule has 0 saturated carbocycles. The van der Waals surface area contributed by atoms with Crippen molar-refractivity contribution in [3.05, 3.63) is 108 Å². The van der Waals surface area contributed by atoms with Crippen molar-refractivity contribution in [2.24, 2.45) is 0 Å². The highest BCUT2D eigenvalue weighted by Crippen LogP contribution is 2.60. The molecule has 0 aromatic carbocycles. The molecule has 3 unspecified atom stereocenters. The van der Waals surface area contributed by atoms with E-state index in [4.69, 9.17) is 29.0 Å². The van der Waals surface area contributed by atoms with Crippen LogP contribution in [0.2, 0.25) is 0 Å². The first kappa shape index (κ1) is 63.0. The molecule has 8 atom stereocenters. The minimum Gasteiger partial charge on any atom is -0.462 e. The molecular weight excluding hydrogens is 961 g/mol. The highest BCUT2D eigenvalue weighted by Gasteiger charge is 2.46. The molecule has 0 radical (unpaired) electrons. The number of nitrogens with zero attached hydrogens (tertiary/aromatic N) is 2. The lowest BCUT2D eigenvalue weighted by Crippen LogP contribution is -2.36. The summed E-state index contributed by atoms with van der Waals surface area (Å²) in [5, 5.41) is 30.7. The summed E-state index contributed by atoms with van der Waals surface area (Å²) in [5.74, 6) is -1.44. The Balaban J connectivity index is 1.86. The smallest absolute Gasteiger partial charge is 0.462 e. The van der Waals surface area contributed by atoms with Gasteiger partial charge in [0.1, 0.15) is 30.7 Å². The van der Waals surface area contributed by atoms with Gasteiger partial charge in [-0.2, -0.15) is 9.29 Å². The van der Waals surface area contributed by atoms with E-state index in [1.165, 1.54) is 25.3 Å². The molecule has 0 amide bonds. The summed E-state index contributed by atoms with van der Waals surface area (Å²) in [5.41, 5.74) is 4.57. The molecule has 1 aliphatic heterocycles. The van der Waals surface area contributed by atoms with Crippen molar-refractivity contribution >= 4 is 33.4 Å². The number of aliphatic hydroxyl groups excluding tert-OH is 3. The lowest BCUT2D eigenvalue weighted by Gasteiger charge is -2.21. The summed E-state index contributed by atoms with van der Waals surface area (Å²) in [6.07, 6.45) is 36.0. The van der Waals surface area contributed by atoms with E-state index in [2.05, 4.69) is 58.8 Å². The highest BCUT2D eigenvalue weighted by atomic mass is 31.3. The van der Waals surface area contributed by atoms with Gasteiger partial charge in [-0.1, -0.05) is 118 Å². The molecule has 21 heteroatoms. The minimum atomic E-state index is -5.45. The maximum atomic E-state index is 12.8. The molecule has 0 aliphatic carbocycles. The summed E-state index contributed by atoms with van der Waals surface area (Å²) in [6, 6.07) is 1.24. The Kier molecular flexibility index (Phi) is 33.4. The molecule has 0 spiro atoms. The zero-order valence-corrected chi connectivity index (χ0v) is 43.1. The molecule has 7 N–H and O–H groups in total. The largest absolute Gasteiger partial charge is 0.481 e. The molecule has 1 aromatic heterocycles. The predicted octanol–water partition coefficient (Wildman–Crippen LogP) is 8.86. The average Bonchev–Trinajstić information content (AvgIpc) is 3.60. The van der Waals surface area contributed by atoms with E-state index >= 15 is 0 Å². The first-order valence-electron chi connectivity index (χ1n) is 24.7. The standard InChI is InChI=1S/C50H79N3O16P2/c1-3-5-6-7-8-9-10-11-12-15-19-22-25-28-31-35-46(56)67-42(38-64-45(55)34-30-27-24-21-18-16-13-14-17-20-23-26-29-33-41(54)32-4-2)39-65-70(60,61)69-71(62,63)66-40-43-47(57)48(58)49(68-43)53-37-36-44(51)52-50(53)59/h8-9,11-13,16-17,19-22,24,26,29,36-37,41-43,47-49,54,57-58H,3-7,10,14-15,18,23,25,27-28,30-35,38-40H2,1-2H3,(H,60,61)(H,62,63)(H2,51,52,59)/b9-8-,12-11-,16-13-,20-17-,22-19-,24-21-,29-26-/t41?,42-,43-,47-,48-,49-/m1/s1. The normalized spacial score (nSPS) is 20.3. The molecule has 71 heavy (non-hydrogen) atoms.